The third kappa shape index (κ3) is 3.98. The molecule has 10 heteroatoms. The van der Waals surface area contributed by atoms with E-state index in [4.69, 9.17) is 4.74 Å². The van der Waals surface area contributed by atoms with E-state index in [1.807, 2.05) is 0 Å². The van der Waals surface area contributed by atoms with Gasteiger partial charge in [0.1, 0.15) is 17.7 Å². The molecule has 0 fully saturated rings. The average molecular weight is 361 g/mol. The molecule has 2 heterocycles. The van der Waals surface area contributed by atoms with E-state index in [9.17, 15) is 14.4 Å². The molecule has 25 heavy (non-hydrogen) atoms. The highest BCUT2D eigenvalue weighted by atomic mass is 32.1. The molecule has 1 unspecified atom stereocenters. The van der Waals surface area contributed by atoms with Crippen LogP contribution in [-0.4, -0.2) is 41.1 Å². The summed E-state index contributed by atoms with van der Waals surface area (Å²) in [5.74, 6) is -1.32. The summed E-state index contributed by atoms with van der Waals surface area (Å²) >= 11 is 1.18. The molecule has 130 valence electrons. The second-order valence-electron chi connectivity index (χ2n) is 5.25. The largest absolute Gasteiger partial charge is 0.377 e. The minimum absolute atomic E-state index is 0.218. The number of aromatic nitrogens is 2. The van der Waals surface area contributed by atoms with Crippen LogP contribution in [0.25, 0.3) is 0 Å². The van der Waals surface area contributed by atoms with E-state index in [0.717, 1.165) is 0 Å². The SMILES string of the molecule is COCc1nnc(NC(=O)CC2NC(=O)c3ccccc3NC2=O)s1. The van der Waals surface area contributed by atoms with Crippen LogP contribution in [0.1, 0.15) is 21.8 Å². The van der Waals surface area contributed by atoms with Gasteiger partial charge in [0, 0.05) is 7.11 Å². The van der Waals surface area contributed by atoms with E-state index >= 15 is 0 Å². The van der Waals surface area contributed by atoms with Gasteiger partial charge >= 0.3 is 0 Å². The van der Waals surface area contributed by atoms with Gasteiger partial charge in [-0.25, -0.2) is 0 Å². The van der Waals surface area contributed by atoms with Crippen molar-refractivity contribution in [3.05, 3.63) is 34.8 Å². The zero-order valence-corrected chi connectivity index (χ0v) is 14.1. The van der Waals surface area contributed by atoms with Crippen LogP contribution in [0.5, 0.6) is 0 Å². The maximum atomic E-state index is 12.3. The number of methoxy groups -OCH3 is 1. The summed E-state index contributed by atoms with van der Waals surface area (Å²) in [7, 11) is 1.53. The number of amides is 3. The van der Waals surface area contributed by atoms with Crippen molar-refractivity contribution in [1.29, 1.82) is 0 Å². The van der Waals surface area contributed by atoms with Gasteiger partial charge in [-0.3, -0.25) is 14.4 Å². The predicted octanol–water partition coefficient (Wildman–Crippen LogP) is 0.764. The molecule has 0 saturated heterocycles. The number of carbonyl (C=O) groups excluding carboxylic acids is 3. The van der Waals surface area contributed by atoms with Crippen molar-refractivity contribution in [3.8, 4) is 0 Å². The van der Waals surface area contributed by atoms with Gasteiger partial charge in [0.15, 0.2) is 0 Å². The highest BCUT2D eigenvalue weighted by molar-refractivity contribution is 7.15. The lowest BCUT2D eigenvalue weighted by atomic mass is 10.1. The van der Waals surface area contributed by atoms with E-state index in [2.05, 4.69) is 26.1 Å². The molecule has 0 bridgehead atoms. The lowest BCUT2D eigenvalue weighted by molar-refractivity contribution is -0.122. The minimum Gasteiger partial charge on any atom is -0.377 e. The summed E-state index contributed by atoms with van der Waals surface area (Å²) in [6.07, 6.45) is -0.218. The van der Waals surface area contributed by atoms with Gasteiger partial charge in [-0.05, 0) is 12.1 Å². The molecule has 2 aromatic rings. The molecule has 0 radical (unpaired) electrons. The first-order chi connectivity index (χ1) is 12.1. The third-order valence-electron chi connectivity index (χ3n) is 3.42. The van der Waals surface area contributed by atoms with Gasteiger partial charge in [0.2, 0.25) is 16.9 Å². The van der Waals surface area contributed by atoms with Crippen LogP contribution >= 0.6 is 11.3 Å². The van der Waals surface area contributed by atoms with E-state index < -0.39 is 23.8 Å². The quantitative estimate of drug-likeness (QED) is 0.723. The Labute approximate surface area is 146 Å². The van der Waals surface area contributed by atoms with Gasteiger partial charge in [-0.1, -0.05) is 23.5 Å². The molecule has 1 aliphatic heterocycles. The Balaban J connectivity index is 1.65. The van der Waals surface area contributed by atoms with Crippen LogP contribution in [0, 0.1) is 0 Å². The van der Waals surface area contributed by atoms with Gasteiger partial charge in [-0.2, -0.15) is 0 Å². The van der Waals surface area contributed by atoms with Crippen LogP contribution < -0.4 is 16.0 Å². The standard InChI is InChI=1S/C15H15N5O4S/c1-24-7-12-19-20-15(25-12)18-11(21)6-10-14(23)16-9-5-3-2-4-8(9)13(22)17-10/h2-5,10H,6-7H2,1H3,(H,16,23)(H,17,22)(H,18,20,21). The molecular formula is C15H15N5O4S. The van der Waals surface area contributed by atoms with Crippen molar-refractivity contribution >= 4 is 39.9 Å². The Bertz CT molecular complexity index is 822. The van der Waals surface area contributed by atoms with Crippen molar-refractivity contribution in [3.63, 3.8) is 0 Å². The van der Waals surface area contributed by atoms with Crippen molar-refractivity contribution in [2.45, 2.75) is 19.1 Å². The first kappa shape index (κ1) is 17.0. The molecule has 1 aromatic carbocycles. The zero-order chi connectivity index (χ0) is 17.8. The van der Waals surface area contributed by atoms with E-state index in [-0.39, 0.29) is 6.42 Å². The molecule has 3 rings (SSSR count). The van der Waals surface area contributed by atoms with Gasteiger partial charge in [0.05, 0.1) is 17.7 Å². The second kappa shape index (κ2) is 7.36. The maximum Gasteiger partial charge on any atom is 0.254 e. The van der Waals surface area contributed by atoms with E-state index in [1.54, 1.807) is 24.3 Å². The summed E-state index contributed by atoms with van der Waals surface area (Å²) in [4.78, 5) is 36.6. The van der Waals surface area contributed by atoms with Gasteiger partial charge in [0.25, 0.3) is 5.91 Å². The predicted molar refractivity (Wildman–Crippen MR) is 90.2 cm³/mol. The molecule has 3 amide bonds. The van der Waals surface area contributed by atoms with E-state index in [0.29, 0.717) is 28.0 Å². The molecule has 1 aromatic heterocycles. The maximum absolute atomic E-state index is 12.3. The molecule has 1 aliphatic rings. The first-order valence-electron chi connectivity index (χ1n) is 7.38. The molecule has 0 saturated carbocycles. The monoisotopic (exact) mass is 361 g/mol. The van der Waals surface area contributed by atoms with E-state index in [1.165, 1.54) is 18.4 Å². The van der Waals surface area contributed by atoms with Gasteiger partial charge < -0.3 is 20.7 Å². The fourth-order valence-electron chi connectivity index (χ4n) is 2.30. The van der Waals surface area contributed by atoms with Crippen LogP contribution in [0.15, 0.2) is 24.3 Å². The van der Waals surface area contributed by atoms with Crippen molar-refractivity contribution < 1.29 is 19.1 Å². The van der Waals surface area contributed by atoms with Crippen molar-refractivity contribution in [2.75, 3.05) is 17.7 Å². The van der Waals surface area contributed by atoms with Crippen LogP contribution in [0.3, 0.4) is 0 Å². The summed E-state index contributed by atoms with van der Waals surface area (Å²) in [5.41, 5.74) is 0.772. The number of nitrogens with one attached hydrogen (secondary N) is 3. The number of carbonyl (C=O) groups is 3. The normalized spacial score (nSPS) is 16.4. The number of hydrogen-bond donors (Lipinski definition) is 3. The Morgan fingerprint density at radius 2 is 2.12 bits per heavy atom. The summed E-state index contributed by atoms with van der Waals surface area (Å²) < 4.78 is 4.93. The highest BCUT2D eigenvalue weighted by Gasteiger charge is 2.29. The summed E-state index contributed by atoms with van der Waals surface area (Å²) in [6.45, 7) is 0.298. The number of para-hydroxylation sites is 1. The number of rotatable bonds is 5. The smallest absolute Gasteiger partial charge is 0.254 e. The molecule has 3 N–H and O–H groups in total. The fraction of sp³-hybridized carbons (Fsp3) is 0.267. The molecule has 9 nitrogen and oxygen atoms in total. The number of ether oxygens (including phenoxy) is 1. The zero-order valence-electron chi connectivity index (χ0n) is 13.2. The van der Waals surface area contributed by atoms with Crippen molar-refractivity contribution in [1.82, 2.24) is 15.5 Å². The molecule has 1 atom stereocenters. The highest BCUT2D eigenvalue weighted by Crippen LogP contribution is 2.20. The molecule has 0 spiro atoms. The Kier molecular flexibility index (Phi) is 5.00. The Morgan fingerprint density at radius 3 is 2.92 bits per heavy atom. The number of benzene rings is 1. The first-order valence-corrected chi connectivity index (χ1v) is 8.20. The number of fused-ring (bicyclic) bond motifs is 1. The molecule has 0 aliphatic carbocycles. The van der Waals surface area contributed by atoms with Crippen LogP contribution in [0.2, 0.25) is 0 Å². The number of nitrogens with zero attached hydrogens (tertiary/aromatic N) is 2. The second-order valence-corrected chi connectivity index (χ2v) is 6.31. The minimum atomic E-state index is -0.980. The average Bonchev–Trinajstić information content (AvgIpc) is 2.97. The summed E-state index contributed by atoms with van der Waals surface area (Å²) in [5, 5.41) is 16.4. The third-order valence-corrected chi connectivity index (χ3v) is 4.23. The van der Waals surface area contributed by atoms with Crippen LogP contribution in [-0.2, 0) is 20.9 Å². The topological polar surface area (TPSA) is 122 Å². The molecular weight excluding hydrogens is 346 g/mol. The Hall–Kier alpha value is -2.85. The lowest BCUT2D eigenvalue weighted by Crippen LogP contribution is -2.43. The van der Waals surface area contributed by atoms with Crippen LogP contribution in [0.4, 0.5) is 10.8 Å². The Morgan fingerprint density at radius 1 is 1.32 bits per heavy atom. The number of anilines is 2. The number of hydrogen-bond acceptors (Lipinski definition) is 7. The summed E-state index contributed by atoms with van der Waals surface area (Å²) in [6, 6.07) is 5.67. The fourth-order valence-corrected chi connectivity index (χ4v) is 3.02. The van der Waals surface area contributed by atoms with Crippen molar-refractivity contribution in [2.24, 2.45) is 0 Å². The van der Waals surface area contributed by atoms with Gasteiger partial charge in [-0.15, -0.1) is 10.2 Å². The lowest BCUT2D eigenvalue weighted by Gasteiger charge is -2.13.